The van der Waals surface area contributed by atoms with Crippen molar-refractivity contribution < 1.29 is 13.2 Å². The van der Waals surface area contributed by atoms with Crippen LogP contribution in [0.15, 0.2) is 47.5 Å². The lowest BCUT2D eigenvalue weighted by molar-refractivity contribution is 0.410. The minimum Gasteiger partial charge on any atom is -0.496 e. The Morgan fingerprint density at radius 1 is 1.15 bits per heavy atom. The van der Waals surface area contributed by atoms with Crippen molar-refractivity contribution in [3.8, 4) is 5.75 Å². The maximum Gasteiger partial charge on any atom is 0.243 e. The molecule has 1 aliphatic rings. The molecule has 1 atom stereocenters. The molecule has 1 aromatic heterocycles. The maximum atomic E-state index is 13.3. The predicted octanol–water partition coefficient (Wildman–Crippen LogP) is 3.97. The zero-order valence-corrected chi connectivity index (χ0v) is 16.6. The van der Waals surface area contributed by atoms with Crippen molar-refractivity contribution in [1.29, 1.82) is 0 Å². The molecule has 3 aromatic rings. The number of hydrogen-bond donors (Lipinski definition) is 1. The van der Waals surface area contributed by atoms with Gasteiger partial charge in [-0.2, -0.15) is 4.31 Å². The Bertz CT molecular complexity index is 1100. The van der Waals surface area contributed by atoms with E-state index in [1.165, 1.54) is 10.9 Å². The Morgan fingerprint density at radius 3 is 2.70 bits per heavy atom. The average molecular weight is 385 g/mol. The molecule has 1 fully saturated rings. The van der Waals surface area contributed by atoms with Gasteiger partial charge in [0.05, 0.1) is 12.0 Å². The molecule has 0 radical (unpaired) electrons. The molecule has 1 unspecified atom stereocenters. The summed E-state index contributed by atoms with van der Waals surface area (Å²) in [6.07, 6.45) is 2.85. The zero-order chi connectivity index (χ0) is 19.2. The third kappa shape index (κ3) is 3.03. The molecule has 0 saturated carbocycles. The molecule has 0 aliphatic carbocycles. The largest absolute Gasteiger partial charge is 0.496 e. The summed E-state index contributed by atoms with van der Waals surface area (Å²) in [7, 11) is -1.93. The van der Waals surface area contributed by atoms with E-state index in [1.807, 2.05) is 38.2 Å². The number of aromatic nitrogens is 1. The van der Waals surface area contributed by atoms with Gasteiger partial charge in [-0.3, -0.25) is 0 Å². The molecular formula is C21H24N2O3S. The Labute approximate surface area is 160 Å². The number of methoxy groups -OCH3 is 1. The zero-order valence-electron chi connectivity index (χ0n) is 15.8. The Balaban J connectivity index is 1.64. The molecule has 0 spiro atoms. The van der Waals surface area contributed by atoms with E-state index in [-0.39, 0.29) is 5.92 Å². The first-order valence-electron chi connectivity index (χ1n) is 9.13. The van der Waals surface area contributed by atoms with Gasteiger partial charge in [-0.05, 0) is 55.2 Å². The normalized spacial score (nSPS) is 18.3. The third-order valence-corrected chi connectivity index (χ3v) is 7.53. The van der Waals surface area contributed by atoms with Gasteiger partial charge >= 0.3 is 0 Å². The second-order valence-electron chi connectivity index (χ2n) is 7.23. The SMILES string of the molecule is COc1cc(C)c(S(=O)(=O)N2CCC(c3c[nH]c4ccccc34)C2)cc1C. The number of aromatic amines is 1. The van der Waals surface area contributed by atoms with Crippen LogP contribution in [-0.2, 0) is 10.0 Å². The molecule has 1 saturated heterocycles. The molecule has 1 aliphatic heterocycles. The summed E-state index contributed by atoms with van der Waals surface area (Å²) in [5.74, 6) is 0.917. The molecule has 27 heavy (non-hydrogen) atoms. The number of aryl methyl sites for hydroxylation is 2. The molecule has 2 heterocycles. The maximum absolute atomic E-state index is 13.3. The smallest absolute Gasteiger partial charge is 0.243 e. The average Bonchev–Trinajstić information content (AvgIpc) is 3.30. The summed E-state index contributed by atoms with van der Waals surface area (Å²) in [6, 6.07) is 11.7. The molecule has 4 rings (SSSR count). The number of hydrogen-bond acceptors (Lipinski definition) is 3. The van der Waals surface area contributed by atoms with E-state index in [2.05, 4.69) is 11.1 Å². The highest BCUT2D eigenvalue weighted by Crippen LogP contribution is 2.36. The summed E-state index contributed by atoms with van der Waals surface area (Å²) in [5, 5.41) is 1.18. The number of H-pyrrole nitrogens is 1. The van der Waals surface area contributed by atoms with Gasteiger partial charge in [0.15, 0.2) is 0 Å². The summed E-state index contributed by atoms with van der Waals surface area (Å²) < 4.78 is 33.5. The first-order chi connectivity index (χ1) is 12.9. The third-order valence-electron chi connectivity index (χ3n) is 5.52. The van der Waals surface area contributed by atoms with Gasteiger partial charge in [-0.25, -0.2) is 8.42 Å². The van der Waals surface area contributed by atoms with Gasteiger partial charge in [0.2, 0.25) is 10.0 Å². The standard InChI is InChI=1S/C21H24N2O3S/c1-14-11-21(15(2)10-20(14)26-3)27(24,25)23-9-8-16(13-23)18-12-22-19-7-5-4-6-17(18)19/h4-7,10-12,16,22H,8-9,13H2,1-3H3. The van der Waals surface area contributed by atoms with Crippen molar-refractivity contribution in [3.63, 3.8) is 0 Å². The first-order valence-corrected chi connectivity index (χ1v) is 10.6. The van der Waals surface area contributed by atoms with Crippen LogP contribution in [0.5, 0.6) is 5.75 Å². The first kappa shape index (κ1) is 18.1. The number of fused-ring (bicyclic) bond motifs is 1. The monoisotopic (exact) mass is 384 g/mol. The van der Waals surface area contributed by atoms with E-state index in [1.54, 1.807) is 23.5 Å². The molecule has 1 N–H and O–H groups in total. The van der Waals surface area contributed by atoms with E-state index in [9.17, 15) is 8.42 Å². The molecule has 0 bridgehead atoms. The topological polar surface area (TPSA) is 62.4 Å². The fraction of sp³-hybridized carbons (Fsp3) is 0.333. The van der Waals surface area contributed by atoms with Crippen LogP contribution < -0.4 is 4.74 Å². The Morgan fingerprint density at radius 2 is 1.93 bits per heavy atom. The molecule has 5 nitrogen and oxygen atoms in total. The van der Waals surface area contributed by atoms with Gasteiger partial charge in [0.25, 0.3) is 0 Å². The second kappa shape index (κ2) is 6.69. The van der Waals surface area contributed by atoms with Gasteiger partial charge in [-0.1, -0.05) is 18.2 Å². The minimum atomic E-state index is -3.53. The van der Waals surface area contributed by atoms with Gasteiger partial charge in [0, 0.05) is 36.1 Å². The number of nitrogens with one attached hydrogen (secondary N) is 1. The Kier molecular flexibility index (Phi) is 4.48. The van der Waals surface area contributed by atoms with Crippen molar-refractivity contribution in [2.75, 3.05) is 20.2 Å². The van der Waals surface area contributed by atoms with Crippen LogP contribution in [0.1, 0.15) is 29.0 Å². The lowest BCUT2D eigenvalue weighted by Crippen LogP contribution is -2.29. The lowest BCUT2D eigenvalue weighted by atomic mass is 9.98. The van der Waals surface area contributed by atoms with Crippen LogP contribution in [-0.4, -0.2) is 37.9 Å². The van der Waals surface area contributed by atoms with Gasteiger partial charge < -0.3 is 9.72 Å². The van der Waals surface area contributed by atoms with Crippen LogP contribution in [0.2, 0.25) is 0 Å². The highest BCUT2D eigenvalue weighted by atomic mass is 32.2. The second-order valence-corrected chi connectivity index (χ2v) is 9.13. The predicted molar refractivity (Wildman–Crippen MR) is 107 cm³/mol. The van der Waals surface area contributed by atoms with E-state index >= 15 is 0 Å². The van der Waals surface area contributed by atoms with Crippen LogP contribution in [0, 0.1) is 13.8 Å². The number of nitrogens with zero attached hydrogens (tertiary/aromatic N) is 1. The molecule has 0 amide bonds. The fourth-order valence-corrected chi connectivity index (χ4v) is 5.82. The van der Waals surface area contributed by atoms with Crippen molar-refractivity contribution in [1.82, 2.24) is 9.29 Å². The lowest BCUT2D eigenvalue weighted by Gasteiger charge is -2.19. The molecular weight excluding hydrogens is 360 g/mol. The van der Waals surface area contributed by atoms with E-state index < -0.39 is 10.0 Å². The number of ether oxygens (including phenoxy) is 1. The van der Waals surface area contributed by atoms with Gasteiger partial charge in [0.1, 0.15) is 5.75 Å². The van der Waals surface area contributed by atoms with E-state index in [4.69, 9.17) is 4.74 Å². The van der Waals surface area contributed by atoms with Crippen molar-refractivity contribution >= 4 is 20.9 Å². The minimum absolute atomic E-state index is 0.204. The van der Waals surface area contributed by atoms with Crippen LogP contribution in [0.25, 0.3) is 10.9 Å². The number of benzene rings is 2. The number of rotatable bonds is 4. The summed E-state index contributed by atoms with van der Waals surface area (Å²) >= 11 is 0. The molecule has 142 valence electrons. The number of sulfonamides is 1. The van der Waals surface area contributed by atoms with Crippen molar-refractivity contribution in [2.24, 2.45) is 0 Å². The highest BCUT2D eigenvalue weighted by Gasteiger charge is 2.35. The van der Waals surface area contributed by atoms with Crippen LogP contribution in [0.4, 0.5) is 0 Å². The summed E-state index contributed by atoms with van der Waals surface area (Å²) in [6.45, 7) is 4.74. The molecule has 6 heteroatoms. The number of para-hydroxylation sites is 1. The van der Waals surface area contributed by atoms with Crippen LogP contribution in [0.3, 0.4) is 0 Å². The molecule has 2 aromatic carbocycles. The Hall–Kier alpha value is -2.31. The summed E-state index contributed by atoms with van der Waals surface area (Å²) in [5.41, 5.74) is 3.84. The van der Waals surface area contributed by atoms with E-state index in [0.717, 1.165) is 17.5 Å². The summed E-state index contributed by atoms with van der Waals surface area (Å²) in [4.78, 5) is 3.67. The van der Waals surface area contributed by atoms with Crippen molar-refractivity contribution in [2.45, 2.75) is 31.1 Å². The van der Waals surface area contributed by atoms with Crippen LogP contribution >= 0.6 is 0 Å². The van der Waals surface area contributed by atoms with Crippen molar-refractivity contribution in [3.05, 3.63) is 59.3 Å². The van der Waals surface area contributed by atoms with Gasteiger partial charge in [-0.15, -0.1) is 0 Å². The highest BCUT2D eigenvalue weighted by molar-refractivity contribution is 7.89. The fourth-order valence-electron chi connectivity index (χ4n) is 4.03. The quantitative estimate of drug-likeness (QED) is 0.740. The van der Waals surface area contributed by atoms with E-state index in [0.29, 0.717) is 29.3 Å².